The first kappa shape index (κ1) is 34.0. The molecule has 0 spiro atoms. The highest BCUT2D eigenvalue weighted by Gasteiger charge is 2.30. The number of aromatic nitrogens is 3. The van der Waals surface area contributed by atoms with Crippen LogP contribution < -0.4 is 15.4 Å². The van der Waals surface area contributed by atoms with Crippen molar-refractivity contribution in [3.05, 3.63) is 51.7 Å². The van der Waals surface area contributed by atoms with E-state index in [1.165, 1.54) is 18.9 Å². The fraction of sp³-hybridized carbons (Fsp3) is 0.484. The molecule has 2 amide bonds. The number of methoxy groups -OCH3 is 1. The lowest BCUT2D eigenvalue weighted by atomic mass is 9.95. The Hall–Kier alpha value is -3.91. The Morgan fingerprint density at radius 3 is 2.42 bits per heavy atom. The van der Waals surface area contributed by atoms with Crippen molar-refractivity contribution in [2.45, 2.75) is 82.8 Å². The summed E-state index contributed by atoms with van der Waals surface area (Å²) in [5, 5.41) is 14.7. The summed E-state index contributed by atoms with van der Waals surface area (Å²) in [6, 6.07) is 7.12. The Morgan fingerprint density at radius 1 is 1.04 bits per heavy atom. The van der Waals surface area contributed by atoms with E-state index in [0.717, 1.165) is 43.4 Å². The molecule has 0 radical (unpaired) electrons. The van der Waals surface area contributed by atoms with Crippen LogP contribution in [0.15, 0.2) is 29.4 Å². The van der Waals surface area contributed by atoms with Gasteiger partial charge in [-0.25, -0.2) is 9.59 Å². The summed E-state index contributed by atoms with van der Waals surface area (Å²) < 4.78 is 17.7. The summed E-state index contributed by atoms with van der Waals surface area (Å²) in [6.07, 6.45) is 5.15. The molecule has 2 aromatic heterocycles. The molecule has 3 aromatic rings. The second-order valence-corrected chi connectivity index (χ2v) is 12.7. The van der Waals surface area contributed by atoms with E-state index in [4.69, 9.17) is 14.2 Å². The van der Waals surface area contributed by atoms with E-state index in [1.807, 2.05) is 4.57 Å². The smallest absolute Gasteiger partial charge is 0.348 e. The van der Waals surface area contributed by atoms with Gasteiger partial charge in [0.2, 0.25) is 5.91 Å². The average Bonchev–Trinajstić information content (AvgIpc) is 3.59. The van der Waals surface area contributed by atoms with Crippen LogP contribution in [0.2, 0.25) is 0 Å². The number of hydrogen-bond donors (Lipinski definition) is 2. The van der Waals surface area contributed by atoms with Crippen molar-refractivity contribution >= 4 is 51.9 Å². The van der Waals surface area contributed by atoms with Gasteiger partial charge in [0.25, 0.3) is 5.91 Å². The van der Waals surface area contributed by atoms with Crippen LogP contribution in [0.4, 0.5) is 5.00 Å². The second-order valence-electron chi connectivity index (χ2n) is 10.4. The Balaban J connectivity index is 1.54. The molecule has 1 aromatic carbocycles. The molecule has 242 valence electrons. The molecule has 0 aliphatic heterocycles. The maximum Gasteiger partial charge on any atom is 0.348 e. The van der Waals surface area contributed by atoms with E-state index in [-0.39, 0.29) is 53.1 Å². The average molecular weight is 658 g/mol. The van der Waals surface area contributed by atoms with Gasteiger partial charge in [0.15, 0.2) is 11.0 Å². The maximum atomic E-state index is 13.5. The van der Waals surface area contributed by atoms with E-state index in [9.17, 15) is 19.2 Å². The number of benzene rings is 1. The molecular weight excluding hydrogens is 619 g/mol. The molecular formula is C31H39N5O7S2. The lowest BCUT2D eigenvalue weighted by Gasteiger charge is -2.26. The van der Waals surface area contributed by atoms with Crippen molar-refractivity contribution in [2.24, 2.45) is 0 Å². The number of anilines is 1. The van der Waals surface area contributed by atoms with E-state index < -0.39 is 17.2 Å². The minimum Gasteiger partial charge on any atom is -0.496 e. The number of para-hydroxylation sites is 1. The zero-order valence-electron chi connectivity index (χ0n) is 26.1. The standard InChI is InChI=1S/C31H39N5O7S2/c1-6-42-29(39)24-18(3)25(30(40)43-7-2)45-28(24)33-26(37)19(4)44-31-35-34-23(36(31)20-13-9-8-10-14-20)17-32-27(38)21-15-11-12-16-22(21)41-5/h11-12,15-16,19-20H,6-10,13-14,17H2,1-5H3,(H,32,38)(H,33,37). The van der Waals surface area contributed by atoms with Gasteiger partial charge in [-0.05, 0) is 58.2 Å². The lowest BCUT2D eigenvalue weighted by molar-refractivity contribution is -0.115. The van der Waals surface area contributed by atoms with Gasteiger partial charge < -0.3 is 29.4 Å². The van der Waals surface area contributed by atoms with Crippen LogP contribution in [0.25, 0.3) is 0 Å². The van der Waals surface area contributed by atoms with Gasteiger partial charge in [-0.3, -0.25) is 9.59 Å². The van der Waals surface area contributed by atoms with Crippen molar-refractivity contribution in [1.29, 1.82) is 0 Å². The van der Waals surface area contributed by atoms with Crippen LogP contribution in [0.3, 0.4) is 0 Å². The first-order chi connectivity index (χ1) is 21.7. The number of ether oxygens (including phenoxy) is 3. The molecule has 0 saturated heterocycles. The number of thioether (sulfide) groups is 1. The van der Waals surface area contributed by atoms with Gasteiger partial charge in [0.05, 0.1) is 43.2 Å². The van der Waals surface area contributed by atoms with Crippen molar-refractivity contribution in [3.8, 4) is 5.75 Å². The zero-order valence-corrected chi connectivity index (χ0v) is 27.8. The summed E-state index contributed by atoms with van der Waals surface area (Å²) in [7, 11) is 1.52. The van der Waals surface area contributed by atoms with Gasteiger partial charge in [-0.15, -0.1) is 21.5 Å². The van der Waals surface area contributed by atoms with Gasteiger partial charge in [-0.1, -0.05) is 43.2 Å². The monoisotopic (exact) mass is 657 g/mol. The fourth-order valence-corrected chi connectivity index (χ4v) is 7.20. The third-order valence-electron chi connectivity index (χ3n) is 7.41. The number of rotatable bonds is 13. The molecule has 45 heavy (non-hydrogen) atoms. The van der Waals surface area contributed by atoms with Crippen LogP contribution in [-0.4, -0.2) is 64.1 Å². The number of carbonyl (C=O) groups excluding carboxylic acids is 4. The number of nitrogens with zero attached hydrogens (tertiary/aromatic N) is 3. The van der Waals surface area contributed by atoms with Crippen LogP contribution in [0.5, 0.6) is 5.75 Å². The summed E-state index contributed by atoms with van der Waals surface area (Å²) in [6.45, 7) is 7.21. The van der Waals surface area contributed by atoms with E-state index in [1.54, 1.807) is 52.0 Å². The minimum absolute atomic E-state index is 0.132. The van der Waals surface area contributed by atoms with Crippen molar-refractivity contribution in [1.82, 2.24) is 20.1 Å². The number of esters is 2. The van der Waals surface area contributed by atoms with Crippen LogP contribution in [-0.2, 0) is 20.8 Å². The molecule has 1 fully saturated rings. The molecule has 14 heteroatoms. The highest BCUT2D eigenvalue weighted by Crippen LogP contribution is 2.37. The van der Waals surface area contributed by atoms with E-state index in [0.29, 0.717) is 27.9 Å². The van der Waals surface area contributed by atoms with Crippen LogP contribution in [0.1, 0.15) is 101 Å². The van der Waals surface area contributed by atoms with Gasteiger partial charge >= 0.3 is 11.9 Å². The van der Waals surface area contributed by atoms with Gasteiger partial charge in [0.1, 0.15) is 15.6 Å². The molecule has 1 saturated carbocycles. The summed E-state index contributed by atoms with van der Waals surface area (Å²) in [4.78, 5) is 52.0. The van der Waals surface area contributed by atoms with Crippen molar-refractivity contribution < 1.29 is 33.4 Å². The van der Waals surface area contributed by atoms with Gasteiger partial charge in [0, 0.05) is 6.04 Å². The number of thiophene rings is 1. The molecule has 2 N–H and O–H groups in total. The van der Waals surface area contributed by atoms with Crippen molar-refractivity contribution in [3.63, 3.8) is 0 Å². The first-order valence-corrected chi connectivity index (χ1v) is 16.7. The van der Waals surface area contributed by atoms with Crippen molar-refractivity contribution in [2.75, 3.05) is 25.6 Å². The van der Waals surface area contributed by atoms with E-state index in [2.05, 4.69) is 20.8 Å². The van der Waals surface area contributed by atoms with Crippen LogP contribution >= 0.6 is 23.1 Å². The van der Waals surface area contributed by atoms with Gasteiger partial charge in [-0.2, -0.15) is 0 Å². The number of hydrogen-bond acceptors (Lipinski definition) is 11. The minimum atomic E-state index is -0.643. The summed E-state index contributed by atoms with van der Waals surface area (Å²) in [5.74, 6) is -0.808. The number of amides is 2. The third-order valence-corrected chi connectivity index (χ3v) is 9.65. The Morgan fingerprint density at radius 2 is 1.73 bits per heavy atom. The highest BCUT2D eigenvalue weighted by molar-refractivity contribution is 8.00. The number of nitrogens with one attached hydrogen (secondary N) is 2. The first-order valence-electron chi connectivity index (χ1n) is 15.0. The zero-order chi connectivity index (χ0) is 32.5. The SMILES string of the molecule is CCOC(=O)c1sc(NC(=O)C(C)Sc2nnc(CNC(=O)c3ccccc3OC)n2C2CCCCC2)c(C(=O)OCC)c1C. The predicted molar refractivity (Wildman–Crippen MR) is 171 cm³/mol. The normalized spacial score (nSPS) is 14.0. The summed E-state index contributed by atoms with van der Waals surface area (Å²) in [5.41, 5.74) is 0.944. The topological polar surface area (TPSA) is 151 Å². The van der Waals surface area contributed by atoms with E-state index >= 15 is 0 Å². The second kappa shape index (κ2) is 15.9. The molecule has 4 rings (SSSR count). The molecule has 1 unspecified atom stereocenters. The largest absolute Gasteiger partial charge is 0.496 e. The Bertz CT molecular complexity index is 1530. The highest BCUT2D eigenvalue weighted by atomic mass is 32.2. The predicted octanol–water partition coefficient (Wildman–Crippen LogP) is 5.56. The molecule has 1 aliphatic rings. The summed E-state index contributed by atoms with van der Waals surface area (Å²) >= 11 is 2.22. The fourth-order valence-electron chi connectivity index (χ4n) is 5.17. The molecule has 1 aliphatic carbocycles. The molecule has 12 nitrogen and oxygen atoms in total. The third kappa shape index (κ3) is 8.03. The quantitative estimate of drug-likeness (QED) is 0.177. The Labute approximate surface area is 270 Å². The molecule has 0 bridgehead atoms. The number of carbonyl (C=O) groups is 4. The molecule has 2 heterocycles. The lowest BCUT2D eigenvalue weighted by Crippen LogP contribution is -2.27. The maximum absolute atomic E-state index is 13.5. The van der Waals surface area contributed by atoms with Crippen LogP contribution in [0, 0.1) is 6.92 Å². The molecule has 1 atom stereocenters. The Kier molecular flexibility index (Phi) is 12.0.